The van der Waals surface area contributed by atoms with Gasteiger partial charge in [-0.25, -0.2) is 4.21 Å². The topological polar surface area (TPSA) is 130 Å². The number of nitrogens with zero attached hydrogens (tertiary/aromatic N) is 3. The summed E-state index contributed by atoms with van der Waals surface area (Å²) in [5.74, 6) is -0.290. The van der Waals surface area contributed by atoms with Gasteiger partial charge in [0.1, 0.15) is 11.0 Å². The van der Waals surface area contributed by atoms with Gasteiger partial charge >= 0.3 is 12.2 Å². The maximum absolute atomic E-state index is 12.8. The SMILES string of the molecule is CC(C)(C)CNCCS(=O)NC(=O)c1ccc(Nc2nc(NC3(c4ccc(Cl)cc4)CC3)nc(OCC(F)(F)F)n2)cc1. The van der Waals surface area contributed by atoms with Crippen LogP contribution in [0, 0.1) is 5.41 Å². The van der Waals surface area contributed by atoms with Gasteiger partial charge in [0, 0.05) is 29.4 Å². The van der Waals surface area contributed by atoms with Gasteiger partial charge in [0.2, 0.25) is 11.9 Å². The third-order valence-corrected chi connectivity index (χ3v) is 7.45. The van der Waals surface area contributed by atoms with Crippen LogP contribution < -0.4 is 25.4 Å². The lowest BCUT2D eigenvalue weighted by Gasteiger charge is -2.19. The maximum atomic E-state index is 12.8. The van der Waals surface area contributed by atoms with Gasteiger partial charge in [-0.2, -0.15) is 28.1 Å². The van der Waals surface area contributed by atoms with Gasteiger partial charge in [-0.15, -0.1) is 0 Å². The number of anilines is 3. The highest BCUT2D eigenvalue weighted by atomic mass is 35.5. The average Bonchev–Trinajstić information content (AvgIpc) is 3.70. The van der Waals surface area contributed by atoms with E-state index in [2.05, 4.69) is 56.4 Å². The fraction of sp³-hybridized carbons (Fsp3) is 0.429. The number of amides is 1. The number of carbonyl (C=O) groups excluding carboxylic acids is 1. The van der Waals surface area contributed by atoms with Crippen LogP contribution in [0.5, 0.6) is 6.01 Å². The fourth-order valence-electron chi connectivity index (χ4n) is 3.95. The Balaban J connectivity index is 1.42. The Morgan fingerprint density at radius 2 is 1.65 bits per heavy atom. The van der Waals surface area contributed by atoms with Crippen LogP contribution in [0.4, 0.5) is 30.8 Å². The normalized spacial score (nSPS) is 15.0. The minimum Gasteiger partial charge on any atom is -0.454 e. The summed E-state index contributed by atoms with van der Waals surface area (Å²) in [6.07, 6.45) is -3.08. The molecule has 4 N–H and O–H groups in total. The van der Waals surface area contributed by atoms with Gasteiger partial charge in [0.15, 0.2) is 6.61 Å². The average molecular weight is 640 g/mol. The van der Waals surface area contributed by atoms with Crippen molar-refractivity contribution in [1.82, 2.24) is 25.0 Å². The van der Waals surface area contributed by atoms with Crippen molar-refractivity contribution in [2.24, 2.45) is 5.41 Å². The monoisotopic (exact) mass is 639 g/mol. The Morgan fingerprint density at radius 1 is 1.00 bits per heavy atom. The number of carbonyl (C=O) groups is 1. The van der Waals surface area contributed by atoms with Crippen LogP contribution in [0.15, 0.2) is 48.5 Å². The number of ether oxygens (including phenoxy) is 1. The van der Waals surface area contributed by atoms with E-state index in [1.54, 1.807) is 24.3 Å². The third-order valence-electron chi connectivity index (χ3n) is 6.21. The summed E-state index contributed by atoms with van der Waals surface area (Å²) in [5, 5.41) is 9.90. The van der Waals surface area contributed by atoms with Crippen molar-refractivity contribution in [1.29, 1.82) is 0 Å². The van der Waals surface area contributed by atoms with Gasteiger partial charge in [-0.1, -0.05) is 44.5 Å². The molecule has 1 aromatic heterocycles. The molecule has 232 valence electrons. The standard InChI is InChI=1S/C28H33ClF3N7O3S/c1-26(2,3)16-33-14-15-43(41)39-22(40)18-4-10-21(11-5-18)34-23-35-24(37-25(36-23)42-17-28(30,31)32)38-27(12-13-27)19-6-8-20(29)9-7-19/h4-11,33H,12-17H2,1-3H3,(H,39,40)(H2,34,35,36,37,38). The third kappa shape index (κ3) is 10.3. The maximum Gasteiger partial charge on any atom is 0.422 e. The molecule has 0 spiro atoms. The predicted octanol–water partition coefficient (Wildman–Crippen LogP) is 5.34. The first kappa shape index (κ1) is 32.4. The molecule has 1 heterocycles. The first-order chi connectivity index (χ1) is 20.2. The number of alkyl halides is 3. The number of halogens is 4. The molecule has 3 aromatic rings. The number of benzene rings is 2. The molecule has 0 radical (unpaired) electrons. The minimum absolute atomic E-state index is 0.0255. The summed E-state index contributed by atoms with van der Waals surface area (Å²) in [5.41, 5.74) is 1.24. The molecule has 1 aliphatic carbocycles. The molecule has 2 aromatic carbocycles. The van der Waals surface area contributed by atoms with Crippen LogP contribution in [-0.4, -0.2) is 56.7 Å². The van der Waals surface area contributed by atoms with Gasteiger partial charge in [-0.05, 0) is 60.2 Å². The Morgan fingerprint density at radius 3 is 2.26 bits per heavy atom. The Hall–Kier alpha value is -3.49. The molecule has 1 fully saturated rings. The van der Waals surface area contributed by atoms with E-state index in [1.165, 1.54) is 12.1 Å². The lowest BCUT2D eigenvalue weighted by molar-refractivity contribution is -0.154. The lowest BCUT2D eigenvalue weighted by atomic mass is 9.97. The van der Waals surface area contributed by atoms with Crippen molar-refractivity contribution in [2.45, 2.75) is 45.3 Å². The number of rotatable bonds is 13. The first-order valence-electron chi connectivity index (χ1n) is 13.5. The molecule has 1 atom stereocenters. The molecular weight excluding hydrogens is 607 g/mol. The van der Waals surface area contributed by atoms with Crippen LogP contribution in [0.2, 0.25) is 5.02 Å². The second-order valence-corrected chi connectivity index (χ2v) is 13.0. The zero-order chi connectivity index (χ0) is 31.3. The van der Waals surface area contributed by atoms with Crippen LogP contribution in [0.1, 0.15) is 49.5 Å². The van der Waals surface area contributed by atoms with E-state index in [-0.39, 0.29) is 28.6 Å². The second-order valence-electron chi connectivity index (χ2n) is 11.3. The molecular formula is C28H33ClF3N7O3S. The van der Waals surface area contributed by atoms with Gasteiger partial charge in [0.25, 0.3) is 5.91 Å². The van der Waals surface area contributed by atoms with E-state index in [0.717, 1.165) is 24.9 Å². The van der Waals surface area contributed by atoms with E-state index in [9.17, 15) is 22.2 Å². The largest absolute Gasteiger partial charge is 0.454 e. The summed E-state index contributed by atoms with van der Waals surface area (Å²) >= 11 is 6.01. The van der Waals surface area contributed by atoms with Crippen LogP contribution >= 0.6 is 11.6 Å². The summed E-state index contributed by atoms with van der Waals surface area (Å²) in [7, 11) is -1.56. The predicted molar refractivity (Wildman–Crippen MR) is 160 cm³/mol. The second kappa shape index (κ2) is 13.4. The Labute approximate surface area is 255 Å². The van der Waals surface area contributed by atoms with Crippen LogP contribution in [-0.2, 0) is 16.5 Å². The van der Waals surface area contributed by atoms with Gasteiger partial charge < -0.3 is 20.7 Å². The lowest BCUT2D eigenvalue weighted by Crippen LogP contribution is -2.34. The van der Waals surface area contributed by atoms with E-state index >= 15 is 0 Å². The summed E-state index contributed by atoms with van der Waals surface area (Å²) < 4.78 is 58.0. The minimum atomic E-state index is -4.59. The molecule has 4 rings (SSSR count). The zero-order valence-corrected chi connectivity index (χ0v) is 25.4. The molecule has 1 unspecified atom stereocenters. The van der Waals surface area contributed by atoms with Crippen LogP contribution in [0.25, 0.3) is 0 Å². The van der Waals surface area contributed by atoms with E-state index in [4.69, 9.17) is 16.3 Å². The van der Waals surface area contributed by atoms with Crippen molar-refractivity contribution >= 4 is 46.1 Å². The molecule has 15 heteroatoms. The number of aromatic nitrogens is 3. The Bertz CT molecular complexity index is 1430. The Kier molecular flexibility index (Phi) is 10.1. The molecule has 43 heavy (non-hydrogen) atoms. The van der Waals surface area contributed by atoms with Crippen LogP contribution in [0.3, 0.4) is 0 Å². The van der Waals surface area contributed by atoms with Gasteiger partial charge in [0.05, 0.1) is 11.3 Å². The van der Waals surface area contributed by atoms with Crippen molar-refractivity contribution in [3.63, 3.8) is 0 Å². The molecule has 10 nitrogen and oxygen atoms in total. The number of hydrogen-bond acceptors (Lipinski definition) is 9. The summed E-state index contributed by atoms with van der Waals surface area (Å²) in [6, 6.07) is 12.9. The van der Waals surface area contributed by atoms with E-state index in [0.29, 0.717) is 17.3 Å². The molecule has 1 amide bonds. The zero-order valence-electron chi connectivity index (χ0n) is 23.8. The quantitative estimate of drug-likeness (QED) is 0.183. The summed E-state index contributed by atoms with van der Waals surface area (Å²) in [6.45, 7) is 5.92. The number of hydrogen-bond donors (Lipinski definition) is 4. The first-order valence-corrected chi connectivity index (χ1v) is 15.2. The molecule has 1 aliphatic rings. The molecule has 1 saturated carbocycles. The van der Waals surface area contributed by atoms with Crippen molar-refractivity contribution < 1.29 is 26.9 Å². The van der Waals surface area contributed by atoms with Gasteiger partial charge in [-0.3, -0.25) is 9.52 Å². The van der Waals surface area contributed by atoms with Crippen molar-refractivity contribution in [2.75, 3.05) is 36.1 Å². The van der Waals surface area contributed by atoms with Crippen molar-refractivity contribution in [3.05, 3.63) is 64.7 Å². The number of nitrogens with one attached hydrogen (secondary N) is 4. The molecule has 0 saturated heterocycles. The molecule has 0 bridgehead atoms. The molecule has 0 aliphatic heterocycles. The fourth-order valence-corrected chi connectivity index (χ4v) is 4.83. The highest BCUT2D eigenvalue weighted by molar-refractivity contribution is 7.83. The van der Waals surface area contributed by atoms with Crippen molar-refractivity contribution in [3.8, 4) is 6.01 Å². The smallest absolute Gasteiger partial charge is 0.422 e. The summed E-state index contributed by atoms with van der Waals surface area (Å²) in [4.78, 5) is 24.9. The highest BCUT2D eigenvalue weighted by Crippen LogP contribution is 2.48. The van der Waals surface area contributed by atoms with E-state index in [1.807, 2.05) is 12.1 Å². The van der Waals surface area contributed by atoms with E-state index < -0.39 is 41.2 Å². The highest BCUT2D eigenvalue weighted by Gasteiger charge is 2.45.